The number of esters is 2. The minimum Gasteiger partial charge on any atom is -0.545 e. The predicted octanol–water partition coefficient (Wildman–Crippen LogP) is 24.6. The first-order valence-corrected chi connectivity index (χ1v) is 40.8. The molecular formula is C82H159NO8. The molecule has 2 atom stereocenters. The maximum Gasteiger partial charge on any atom is 0.306 e. The highest BCUT2D eigenvalue weighted by molar-refractivity contribution is 5.70. The van der Waals surface area contributed by atoms with E-state index in [9.17, 15) is 19.5 Å². The van der Waals surface area contributed by atoms with Gasteiger partial charge in [0, 0.05) is 12.8 Å². The molecule has 0 aliphatic carbocycles. The Morgan fingerprint density at radius 2 is 0.560 bits per heavy atom. The van der Waals surface area contributed by atoms with Crippen molar-refractivity contribution >= 4 is 17.9 Å². The number of allylic oxidation sites excluding steroid dienone is 2. The summed E-state index contributed by atoms with van der Waals surface area (Å²) in [5, 5.41) is 11.9. The molecule has 0 aromatic carbocycles. The van der Waals surface area contributed by atoms with Crippen molar-refractivity contribution in [1.82, 2.24) is 0 Å². The van der Waals surface area contributed by atoms with Crippen LogP contribution >= 0.6 is 0 Å². The number of likely N-dealkylation sites (N-methyl/N-ethyl adjacent to an activating group) is 1. The second kappa shape index (κ2) is 73.8. The van der Waals surface area contributed by atoms with Crippen molar-refractivity contribution < 1.29 is 42.9 Å². The van der Waals surface area contributed by atoms with Gasteiger partial charge in [-0.2, -0.15) is 0 Å². The maximum atomic E-state index is 13.0. The number of hydrogen-bond acceptors (Lipinski definition) is 8. The molecule has 0 saturated heterocycles. The standard InChI is InChI=1S/C82H159NO8/c1-6-8-10-12-14-16-18-20-22-24-26-28-30-32-34-36-38-39-40-41-43-44-46-48-50-52-54-56-58-60-62-64-66-68-70-72-79(84)89-76-78(77-90-82(81(86)87)88-75-74-83(3,4)5)91-80(85)73-71-69-67-65-63-61-59-57-55-53-51-49-47-45-42-37-35-33-31-29-27-25-23-21-19-17-15-13-11-9-7-2/h25,27,78,82H,6-24,26,28-77H2,1-5H3/b27-25-. The van der Waals surface area contributed by atoms with Gasteiger partial charge in [0.05, 0.1) is 40.3 Å². The van der Waals surface area contributed by atoms with Crippen molar-refractivity contribution in [3.05, 3.63) is 12.2 Å². The quantitative estimate of drug-likeness (QED) is 0.0195. The molecule has 0 heterocycles. The molecule has 0 radical (unpaired) electrons. The Morgan fingerprint density at radius 3 is 0.813 bits per heavy atom. The topological polar surface area (TPSA) is 111 Å². The third-order valence-corrected chi connectivity index (χ3v) is 19.0. The van der Waals surface area contributed by atoms with Gasteiger partial charge in [0.1, 0.15) is 13.2 Å². The molecule has 9 nitrogen and oxygen atoms in total. The first-order valence-electron chi connectivity index (χ1n) is 40.8. The van der Waals surface area contributed by atoms with E-state index >= 15 is 0 Å². The van der Waals surface area contributed by atoms with E-state index in [2.05, 4.69) is 26.0 Å². The summed E-state index contributed by atoms with van der Waals surface area (Å²) in [6.45, 7) is 4.85. The lowest BCUT2D eigenvalue weighted by Gasteiger charge is -2.26. The fourth-order valence-corrected chi connectivity index (χ4v) is 12.8. The molecule has 0 rings (SSSR count). The van der Waals surface area contributed by atoms with Crippen molar-refractivity contribution in [2.75, 3.05) is 47.5 Å². The summed E-state index contributed by atoms with van der Waals surface area (Å²) in [5.41, 5.74) is 0. The highest BCUT2D eigenvalue weighted by atomic mass is 16.7. The molecule has 9 heteroatoms. The molecule has 0 bridgehead atoms. The normalized spacial score (nSPS) is 12.6. The average molecular weight is 1290 g/mol. The minimum absolute atomic E-state index is 0.153. The van der Waals surface area contributed by atoms with Crippen molar-refractivity contribution in [3.63, 3.8) is 0 Å². The lowest BCUT2D eigenvalue weighted by atomic mass is 10.0. The van der Waals surface area contributed by atoms with E-state index in [1.807, 2.05) is 21.1 Å². The summed E-state index contributed by atoms with van der Waals surface area (Å²) < 4.78 is 22.9. The summed E-state index contributed by atoms with van der Waals surface area (Å²) in [5.74, 6) is -2.24. The highest BCUT2D eigenvalue weighted by Gasteiger charge is 2.22. The molecule has 2 unspecified atom stereocenters. The number of hydrogen-bond donors (Lipinski definition) is 0. The Balaban J connectivity index is 3.94. The lowest BCUT2D eigenvalue weighted by Crippen LogP contribution is -2.44. The number of aliphatic carboxylic acids is 1. The van der Waals surface area contributed by atoms with E-state index in [-0.39, 0.29) is 32.2 Å². The summed E-state index contributed by atoms with van der Waals surface area (Å²) in [4.78, 5) is 37.6. The van der Waals surface area contributed by atoms with Crippen LogP contribution in [0.5, 0.6) is 0 Å². The number of quaternary nitrogens is 1. The van der Waals surface area contributed by atoms with Gasteiger partial charge < -0.3 is 33.3 Å². The average Bonchev–Trinajstić information content (AvgIpc) is 3.65. The fourth-order valence-electron chi connectivity index (χ4n) is 12.8. The molecule has 0 fully saturated rings. The molecule has 91 heavy (non-hydrogen) atoms. The number of carboxylic acids is 1. The summed E-state index contributed by atoms with van der Waals surface area (Å²) in [6.07, 6.45) is 89.3. The summed E-state index contributed by atoms with van der Waals surface area (Å²) >= 11 is 0. The summed E-state index contributed by atoms with van der Waals surface area (Å²) in [6, 6.07) is 0. The SMILES string of the molecule is CCCCCCCCCC/C=C\CCCCCCCCCCCCCCCCCCCCCC(=O)OC(COC(=O)CCCCCCCCCCCCCCCCCCCCCCCCCCCCCCCCCCCCC)COC(OCC[N+](C)(C)C)C(=O)[O-]. The predicted molar refractivity (Wildman–Crippen MR) is 390 cm³/mol. The molecule has 0 aliphatic rings. The number of ether oxygens (including phenoxy) is 4. The third kappa shape index (κ3) is 75.3. The molecule has 0 aromatic rings. The van der Waals surface area contributed by atoms with E-state index in [1.54, 1.807) is 0 Å². The van der Waals surface area contributed by atoms with Crippen LogP contribution in [0.15, 0.2) is 12.2 Å². The van der Waals surface area contributed by atoms with Crippen molar-refractivity contribution in [3.8, 4) is 0 Å². The van der Waals surface area contributed by atoms with Gasteiger partial charge in [-0.3, -0.25) is 9.59 Å². The second-order valence-corrected chi connectivity index (χ2v) is 29.4. The van der Waals surface area contributed by atoms with Crippen LogP contribution in [0.2, 0.25) is 0 Å². The van der Waals surface area contributed by atoms with Gasteiger partial charge >= 0.3 is 11.9 Å². The van der Waals surface area contributed by atoms with Gasteiger partial charge in [0.15, 0.2) is 12.4 Å². The zero-order valence-corrected chi connectivity index (χ0v) is 62.0. The molecule has 0 aliphatic heterocycles. The van der Waals surface area contributed by atoms with E-state index in [1.165, 1.54) is 372 Å². The number of carboxylic acid groups (broad SMARTS) is 1. The van der Waals surface area contributed by atoms with E-state index in [0.29, 0.717) is 17.4 Å². The van der Waals surface area contributed by atoms with Crippen LogP contribution in [-0.2, 0) is 33.3 Å². The highest BCUT2D eigenvalue weighted by Crippen LogP contribution is 2.21. The largest absolute Gasteiger partial charge is 0.545 e. The van der Waals surface area contributed by atoms with Crippen LogP contribution in [0.25, 0.3) is 0 Å². The number of rotatable bonds is 78. The van der Waals surface area contributed by atoms with E-state index in [0.717, 1.165) is 38.5 Å². The van der Waals surface area contributed by atoms with Crippen molar-refractivity contribution in [2.45, 2.75) is 450 Å². The van der Waals surface area contributed by atoms with E-state index in [4.69, 9.17) is 18.9 Å². The van der Waals surface area contributed by atoms with Crippen LogP contribution in [0, 0.1) is 0 Å². The second-order valence-electron chi connectivity index (χ2n) is 29.4. The maximum absolute atomic E-state index is 13.0. The van der Waals surface area contributed by atoms with Crippen molar-refractivity contribution in [1.29, 1.82) is 0 Å². The fraction of sp³-hybridized carbons (Fsp3) is 0.939. The number of unbranched alkanes of at least 4 members (excludes halogenated alkanes) is 61. The van der Waals surface area contributed by atoms with Gasteiger partial charge in [0.2, 0.25) is 0 Å². The monoisotopic (exact) mass is 1290 g/mol. The Bertz CT molecular complexity index is 1500. The lowest BCUT2D eigenvalue weighted by molar-refractivity contribution is -0.870. The molecule has 540 valence electrons. The molecule has 0 saturated carbocycles. The Labute approximate surface area is 567 Å². The third-order valence-electron chi connectivity index (χ3n) is 19.0. The van der Waals surface area contributed by atoms with Gasteiger partial charge in [-0.05, 0) is 38.5 Å². The van der Waals surface area contributed by atoms with Gasteiger partial charge in [-0.1, -0.05) is 398 Å². The Hall–Kier alpha value is -1.97. The van der Waals surface area contributed by atoms with Gasteiger partial charge in [-0.15, -0.1) is 0 Å². The van der Waals surface area contributed by atoms with Crippen molar-refractivity contribution in [2.24, 2.45) is 0 Å². The van der Waals surface area contributed by atoms with Gasteiger partial charge in [0.25, 0.3) is 0 Å². The zero-order valence-electron chi connectivity index (χ0n) is 62.0. The smallest absolute Gasteiger partial charge is 0.306 e. The van der Waals surface area contributed by atoms with Crippen LogP contribution in [0.1, 0.15) is 438 Å². The molecule has 0 N–H and O–H groups in total. The van der Waals surface area contributed by atoms with Crippen LogP contribution in [-0.4, -0.2) is 82.3 Å². The summed E-state index contributed by atoms with van der Waals surface area (Å²) in [7, 11) is 5.96. The van der Waals surface area contributed by atoms with Crippen LogP contribution < -0.4 is 5.11 Å². The first kappa shape index (κ1) is 89.0. The molecule has 0 aromatic heterocycles. The number of carbonyl (C=O) groups is 3. The number of carbonyl (C=O) groups excluding carboxylic acids is 3. The van der Waals surface area contributed by atoms with E-state index < -0.39 is 24.3 Å². The number of nitrogens with zero attached hydrogens (tertiary/aromatic N) is 1. The Morgan fingerprint density at radius 1 is 0.319 bits per heavy atom. The molecule has 0 spiro atoms. The van der Waals surface area contributed by atoms with Crippen LogP contribution in [0.3, 0.4) is 0 Å². The molecular weight excluding hydrogens is 1130 g/mol. The first-order chi connectivity index (χ1) is 44.6. The minimum atomic E-state index is -1.62. The zero-order chi connectivity index (χ0) is 66.1. The Kier molecular flexibility index (Phi) is 72.2. The van der Waals surface area contributed by atoms with Crippen LogP contribution in [0.4, 0.5) is 0 Å². The van der Waals surface area contributed by atoms with Gasteiger partial charge in [-0.25, -0.2) is 0 Å². The molecule has 0 amide bonds.